The van der Waals surface area contributed by atoms with Gasteiger partial charge in [-0.25, -0.2) is 9.97 Å². The Balaban J connectivity index is 1.81. The highest BCUT2D eigenvalue weighted by atomic mass is 15.1. The minimum Gasteiger partial charge on any atom is -0.336 e. The average molecular weight is 233 g/mol. The smallest absolute Gasteiger partial charge is 0.0950 e. The van der Waals surface area contributed by atoms with Crippen molar-refractivity contribution in [1.82, 2.24) is 24.4 Å². The standard InChI is InChI=1S/C12H19N5/c1-11(2)14-7-12-8-17(10-15-12)6-5-16-4-3-13-9-16/h3-4,8-11,14H,5-7H2,1-2H3. The molecule has 0 aliphatic carbocycles. The van der Waals surface area contributed by atoms with Gasteiger partial charge in [-0.2, -0.15) is 0 Å². The molecule has 0 unspecified atom stereocenters. The summed E-state index contributed by atoms with van der Waals surface area (Å²) in [7, 11) is 0. The Morgan fingerprint density at radius 3 is 2.76 bits per heavy atom. The lowest BCUT2D eigenvalue weighted by molar-refractivity contribution is 0.572. The zero-order valence-electron chi connectivity index (χ0n) is 10.4. The predicted molar refractivity (Wildman–Crippen MR) is 66.4 cm³/mol. The van der Waals surface area contributed by atoms with E-state index in [1.807, 2.05) is 18.9 Å². The summed E-state index contributed by atoms with van der Waals surface area (Å²) in [5, 5.41) is 3.35. The molecule has 5 nitrogen and oxygen atoms in total. The molecule has 0 aliphatic rings. The molecule has 0 saturated heterocycles. The molecule has 2 rings (SSSR count). The topological polar surface area (TPSA) is 47.7 Å². The van der Waals surface area contributed by atoms with E-state index in [2.05, 4.69) is 44.5 Å². The van der Waals surface area contributed by atoms with Gasteiger partial charge in [-0.15, -0.1) is 0 Å². The first-order valence-corrected chi connectivity index (χ1v) is 5.94. The Morgan fingerprint density at radius 1 is 1.24 bits per heavy atom. The molecule has 5 heteroatoms. The van der Waals surface area contributed by atoms with Gasteiger partial charge in [0.25, 0.3) is 0 Å². The Hall–Kier alpha value is -1.62. The summed E-state index contributed by atoms with van der Waals surface area (Å²) in [5.74, 6) is 0. The van der Waals surface area contributed by atoms with Crippen LogP contribution in [0.4, 0.5) is 0 Å². The minimum absolute atomic E-state index is 0.492. The van der Waals surface area contributed by atoms with Crippen LogP contribution < -0.4 is 5.32 Å². The van der Waals surface area contributed by atoms with Crippen molar-refractivity contribution in [1.29, 1.82) is 0 Å². The van der Waals surface area contributed by atoms with Crippen molar-refractivity contribution in [3.05, 3.63) is 36.9 Å². The molecule has 0 spiro atoms. The number of imidazole rings is 2. The lowest BCUT2D eigenvalue weighted by Crippen LogP contribution is -2.21. The van der Waals surface area contributed by atoms with Crippen molar-refractivity contribution in [2.75, 3.05) is 0 Å². The lowest BCUT2D eigenvalue weighted by Gasteiger charge is -2.05. The van der Waals surface area contributed by atoms with Gasteiger partial charge in [-0.3, -0.25) is 0 Å². The molecule has 0 atom stereocenters. The molecule has 0 aromatic carbocycles. The second-order valence-corrected chi connectivity index (χ2v) is 4.44. The summed E-state index contributed by atoms with van der Waals surface area (Å²) < 4.78 is 4.17. The molecule has 0 radical (unpaired) electrons. The van der Waals surface area contributed by atoms with E-state index in [1.54, 1.807) is 6.20 Å². The summed E-state index contributed by atoms with van der Waals surface area (Å²) >= 11 is 0. The second-order valence-electron chi connectivity index (χ2n) is 4.44. The molecule has 0 amide bonds. The van der Waals surface area contributed by atoms with Gasteiger partial charge in [-0.05, 0) is 0 Å². The van der Waals surface area contributed by atoms with Crippen LogP contribution in [0.1, 0.15) is 19.5 Å². The van der Waals surface area contributed by atoms with E-state index >= 15 is 0 Å². The molecule has 0 fully saturated rings. The molecule has 1 N–H and O–H groups in total. The van der Waals surface area contributed by atoms with E-state index in [1.165, 1.54) is 0 Å². The van der Waals surface area contributed by atoms with E-state index in [9.17, 15) is 0 Å². The quantitative estimate of drug-likeness (QED) is 0.817. The Labute approximate surface area is 102 Å². The minimum atomic E-state index is 0.492. The van der Waals surface area contributed by atoms with E-state index in [0.717, 1.165) is 25.3 Å². The van der Waals surface area contributed by atoms with Crippen LogP contribution in [-0.4, -0.2) is 25.1 Å². The van der Waals surface area contributed by atoms with Crippen LogP contribution in [0.3, 0.4) is 0 Å². The molecule has 0 aliphatic heterocycles. The number of rotatable bonds is 6. The van der Waals surface area contributed by atoms with Crippen molar-refractivity contribution < 1.29 is 0 Å². The van der Waals surface area contributed by atoms with E-state index in [0.29, 0.717) is 6.04 Å². The zero-order chi connectivity index (χ0) is 12.1. The summed E-state index contributed by atoms with van der Waals surface area (Å²) in [5.41, 5.74) is 1.09. The number of nitrogens with one attached hydrogen (secondary N) is 1. The van der Waals surface area contributed by atoms with Crippen molar-refractivity contribution in [3.8, 4) is 0 Å². The zero-order valence-corrected chi connectivity index (χ0v) is 10.4. The summed E-state index contributed by atoms with van der Waals surface area (Å²) in [6.07, 6.45) is 9.57. The van der Waals surface area contributed by atoms with Gasteiger partial charge in [-0.1, -0.05) is 13.8 Å². The number of aromatic nitrogens is 4. The Kier molecular flexibility index (Phi) is 3.93. The molecule has 92 valence electrons. The summed E-state index contributed by atoms with van der Waals surface area (Å²) in [4.78, 5) is 8.38. The number of nitrogens with zero attached hydrogens (tertiary/aromatic N) is 4. The third-order valence-corrected chi connectivity index (χ3v) is 2.55. The Bertz CT molecular complexity index is 429. The molecule has 0 saturated carbocycles. The molecule has 2 aromatic rings. The average Bonchev–Trinajstić information content (AvgIpc) is 2.95. The van der Waals surface area contributed by atoms with Crippen molar-refractivity contribution >= 4 is 0 Å². The maximum atomic E-state index is 4.36. The molecule has 0 bridgehead atoms. The van der Waals surface area contributed by atoms with E-state index in [4.69, 9.17) is 0 Å². The van der Waals surface area contributed by atoms with Crippen LogP contribution in [0.5, 0.6) is 0 Å². The van der Waals surface area contributed by atoms with Gasteiger partial charge >= 0.3 is 0 Å². The second kappa shape index (κ2) is 5.63. The number of hydrogen-bond acceptors (Lipinski definition) is 3. The van der Waals surface area contributed by atoms with Gasteiger partial charge < -0.3 is 14.5 Å². The van der Waals surface area contributed by atoms with E-state index in [-0.39, 0.29) is 0 Å². The molecular formula is C12H19N5. The highest BCUT2D eigenvalue weighted by Gasteiger charge is 2.00. The van der Waals surface area contributed by atoms with Crippen molar-refractivity contribution in [3.63, 3.8) is 0 Å². The first-order valence-electron chi connectivity index (χ1n) is 5.94. The maximum absolute atomic E-state index is 4.36. The number of hydrogen-bond donors (Lipinski definition) is 1. The van der Waals surface area contributed by atoms with Crippen molar-refractivity contribution in [2.24, 2.45) is 0 Å². The first kappa shape index (κ1) is 11.9. The Morgan fingerprint density at radius 2 is 2.06 bits per heavy atom. The summed E-state index contributed by atoms with van der Waals surface area (Å²) in [6, 6.07) is 0.492. The fraction of sp³-hybridized carbons (Fsp3) is 0.500. The van der Waals surface area contributed by atoms with Crippen LogP contribution in [0.25, 0.3) is 0 Å². The van der Waals surface area contributed by atoms with Gasteiger partial charge in [0.05, 0.1) is 18.3 Å². The maximum Gasteiger partial charge on any atom is 0.0950 e. The third-order valence-electron chi connectivity index (χ3n) is 2.55. The van der Waals surface area contributed by atoms with Crippen molar-refractivity contribution in [2.45, 2.75) is 39.5 Å². The fourth-order valence-electron chi connectivity index (χ4n) is 1.58. The van der Waals surface area contributed by atoms with Crippen LogP contribution in [0.15, 0.2) is 31.2 Å². The SMILES string of the molecule is CC(C)NCc1cn(CCn2ccnc2)cn1. The highest BCUT2D eigenvalue weighted by molar-refractivity contribution is 4.96. The predicted octanol–water partition coefficient (Wildman–Crippen LogP) is 1.28. The molecule has 2 aromatic heterocycles. The van der Waals surface area contributed by atoms with Crippen LogP contribution in [0, 0.1) is 0 Å². The van der Waals surface area contributed by atoms with Crippen LogP contribution in [0.2, 0.25) is 0 Å². The largest absolute Gasteiger partial charge is 0.336 e. The molecular weight excluding hydrogens is 214 g/mol. The number of aryl methyl sites for hydroxylation is 2. The van der Waals surface area contributed by atoms with E-state index < -0.39 is 0 Å². The van der Waals surface area contributed by atoms with Crippen LogP contribution in [-0.2, 0) is 19.6 Å². The highest BCUT2D eigenvalue weighted by Crippen LogP contribution is 1.98. The fourth-order valence-corrected chi connectivity index (χ4v) is 1.58. The third kappa shape index (κ3) is 3.71. The van der Waals surface area contributed by atoms with Gasteiger partial charge in [0, 0.05) is 44.3 Å². The van der Waals surface area contributed by atoms with Gasteiger partial charge in [0.15, 0.2) is 0 Å². The first-order chi connectivity index (χ1) is 8.24. The van der Waals surface area contributed by atoms with Gasteiger partial charge in [0.2, 0.25) is 0 Å². The van der Waals surface area contributed by atoms with Gasteiger partial charge in [0.1, 0.15) is 0 Å². The van der Waals surface area contributed by atoms with Crippen LogP contribution >= 0.6 is 0 Å². The normalized spacial score (nSPS) is 11.2. The summed E-state index contributed by atoms with van der Waals surface area (Å²) in [6.45, 7) is 6.94. The molecule has 17 heavy (non-hydrogen) atoms. The lowest BCUT2D eigenvalue weighted by atomic mass is 10.3. The monoisotopic (exact) mass is 233 g/mol. The molecule has 2 heterocycles.